The molecular formula is C25H29N3O. The molecule has 0 atom stereocenters. The largest absolute Gasteiger partial charge is 0.487 e. The number of aromatic nitrogens is 2. The number of anilines is 1. The van der Waals surface area contributed by atoms with Gasteiger partial charge in [-0.05, 0) is 49.1 Å². The molecule has 150 valence electrons. The van der Waals surface area contributed by atoms with Crippen LogP contribution in [0.15, 0.2) is 60.8 Å². The van der Waals surface area contributed by atoms with E-state index in [1.54, 1.807) is 0 Å². The van der Waals surface area contributed by atoms with Crippen molar-refractivity contribution < 1.29 is 4.74 Å². The zero-order valence-corrected chi connectivity index (χ0v) is 17.6. The van der Waals surface area contributed by atoms with Crippen LogP contribution in [-0.2, 0) is 12.0 Å². The molecule has 1 fully saturated rings. The van der Waals surface area contributed by atoms with Gasteiger partial charge >= 0.3 is 0 Å². The second-order valence-corrected chi connectivity index (χ2v) is 8.35. The molecule has 0 N–H and O–H groups in total. The zero-order valence-electron chi connectivity index (χ0n) is 17.6. The second kappa shape index (κ2) is 8.24. The van der Waals surface area contributed by atoms with Crippen LogP contribution in [0, 0.1) is 6.92 Å². The summed E-state index contributed by atoms with van der Waals surface area (Å²) in [6, 6.07) is 19.1. The van der Waals surface area contributed by atoms with E-state index in [0.29, 0.717) is 6.61 Å². The Morgan fingerprint density at radius 1 is 0.897 bits per heavy atom. The molecule has 0 aliphatic carbocycles. The van der Waals surface area contributed by atoms with Crippen molar-refractivity contribution in [1.29, 1.82) is 0 Å². The highest BCUT2D eigenvalue weighted by Gasteiger charge is 2.23. The molecule has 2 heterocycles. The van der Waals surface area contributed by atoms with Gasteiger partial charge in [0.15, 0.2) is 0 Å². The highest BCUT2D eigenvalue weighted by molar-refractivity contribution is 5.41. The van der Waals surface area contributed by atoms with Crippen LogP contribution in [0.2, 0.25) is 0 Å². The lowest BCUT2D eigenvalue weighted by Crippen LogP contribution is -2.21. The molecular weight excluding hydrogens is 358 g/mol. The Hall–Kier alpha value is -2.88. The first-order chi connectivity index (χ1) is 14.0. The second-order valence-electron chi connectivity index (χ2n) is 8.35. The Labute approximate surface area is 173 Å². The molecule has 0 bridgehead atoms. The first kappa shape index (κ1) is 19.4. The summed E-state index contributed by atoms with van der Waals surface area (Å²) in [7, 11) is 0. The van der Waals surface area contributed by atoms with Crippen LogP contribution >= 0.6 is 0 Å². The summed E-state index contributed by atoms with van der Waals surface area (Å²) in [6.45, 7) is 9.17. The van der Waals surface area contributed by atoms with E-state index in [0.717, 1.165) is 30.5 Å². The molecule has 29 heavy (non-hydrogen) atoms. The molecule has 1 aromatic heterocycles. The van der Waals surface area contributed by atoms with Crippen LogP contribution in [-0.4, -0.2) is 23.1 Å². The number of rotatable bonds is 6. The molecule has 4 heteroatoms. The third-order valence-corrected chi connectivity index (χ3v) is 5.83. The number of hydrogen-bond acceptors (Lipinski definition) is 4. The topological polar surface area (TPSA) is 38.2 Å². The van der Waals surface area contributed by atoms with Gasteiger partial charge in [-0.3, -0.25) is 0 Å². The van der Waals surface area contributed by atoms with Crippen LogP contribution in [0.5, 0.6) is 5.75 Å². The maximum absolute atomic E-state index is 5.99. The van der Waals surface area contributed by atoms with Crippen LogP contribution in [0.25, 0.3) is 0 Å². The Morgan fingerprint density at radius 2 is 1.52 bits per heavy atom. The van der Waals surface area contributed by atoms with Gasteiger partial charge in [-0.15, -0.1) is 0 Å². The monoisotopic (exact) mass is 387 g/mol. The molecule has 4 rings (SSSR count). The molecule has 0 saturated carbocycles. The quantitative estimate of drug-likeness (QED) is 0.576. The molecule has 1 saturated heterocycles. The van der Waals surface area contributed by atoms with Gasteiger partial charge in [-0.2, -0.15) is 0 Å². The van der Waals surface area contributed by atoms with Crippen molar-refractivity contribution in [3.8, 4) is 5.75 Å². The molecule has 0 amide bonds. The minimum Gasteiger partial charge on any atom is -0.487 e. The van der Waals surface area contributed by atoms with Crippen molar-refractivity contribution >= 4 is 5.95 Å². The zero-order chi connectivity index (χ0) is 20.3. The lowest BCUT2D eigenvalue weighted by Gasteiger charge is -2.26. The molecule has 3 aromatic rings. The predicted molar refractivity (Wildman–Crippen MR) is 118 cm³/mol. The van der Waals surface area contributed by atoms with Crippen LogP contribution in [0.3, 0.4) is 0 Å². The number of ether oxygens (including phenoxy) is 1. The summed E-state index contributed by atoms with van der Waals surface area (Å²) in [5.74, 6) is 1.67. The van der Waals surface area contributed by atoms with Crippen LogP contribution in [0.1, 0.15) is 49.1 Å². The Bertz CT molecular complexity index is 943. The number of benzene rings is 2. The summed E-state index contributed by atoms with van der Waals surface area (Å²) >= 11 is 0. The van der Waals surface area contributed by atoms with Gasteiger partial charge in [-0.1, -0.05) is 55.8 Å². The Balaban J connectivity index is 1.42. The minimum atomic E-state index is -0.0521. The smallest absolute Gasteiger partial charge is 0.225 e. The summed E-state index contributed by atoms with van der Waals surface area (Å²) in [5, 5.41) is 0. The molecule has 1 aliphatic rings. The number of nitrogens with zero attached hydrogens (tertiary/aromatic N) is 3. The van der Waals surface area contributed by atoms with Crippen molar-refractivity contribution in [3.05, 3.63) is 83.2 Å². The average molecular weight is 388 g/mol. The molecule has 0 unspecified atom stereocenters. The van der Waals surface area contributed by atoms with E-state index in [4.69, 9.17) is 4.74 Å². The van der Waals surface area contributed by atoms with Crippen molar-refractivity contribution in [1.82, 2.24) is 9.97 Å². The highest BCUT2D eigenvalue weighted by atomic mass is 16.5. The van der Waals surface area contributed by atoms with E-state index in [1.807, 2.05) is 24.4 Å². The van der Waals surface area contributed by atoms with Gasteiger partial charge in [0.2, 0.25) is 5.95 Å². The van der Waals surface area contributed by atoms with E-state index in [2.05, 4.69) is 72.0 Å². The molecule has 0 radical (unpaired) electrons. The fourth-order valence-electron chi connectivity index (χ4n) is 3.80. The van der Waals surface area contributed by atoms with Gasteiger partial charge in [-0.25, -0.2) is 9.97 Å². The third-order valence-electron chi connectivity index (χ3n) is 5.83. The summed E-state index contributed by atoms with van der Waals surface area (Å²) < 4.78 is 5.99. The molecule has 4 nitrogen and oxygen atoms in total. The van der Waals surface area contributed by atoms with Gasteiger partial charge in [0.1, 0.15) is 12.4 Å². The lowest BCUT2D eigenvalue weighted by atomic mass is 9.78. The number of hydrogen-bond donors (Lipinski definition) is 0. The summed E-state index contributed by atoms with van der Waals surface area (Å²) in [4.78, 5) is 11.3. The number of aryl methyl sites for hydroxylation is 1. The first-order valence-corrected chi connectivity index (χ1v) is 10.4. The Morgan fingerprint density at radius 3 is 2.17 bits per heavy atom. The standard InChI is InChI=1S/C25H29N3O/c1-19-6-8-20(9-7-19)25(2,3)21-10-12-23(13-11-21)29-18-22-14-15-26-24(27-22)28-16-4-5-17-28/h6-15H,4-5,16-18H2,1-3H3. The normalized spacial score (nSPS) is 14.2. The van der Waals surface area contributed by atoms with Gasteiger partial charge in [0.25, 0.3) is 0 Å². The van der Waals surface area contributed by atoms with Crippen LogP contribution in [0.4, 0.5) is 5.95 Å². The fourth-order valence-corrected chi connectivity index (χ4v) is 3.80. The van der Waals surface area contributed by atoms with E-state index in [1.165, 1.54) is 29.5 Å². The van der Waals surface area contributed by atoms with Gasteiger partial charge in [0, 0.05) is 24.7 Å². The van der Waals surface area contributed by atoms with E-state index in [-0.39, 0.29) is 5.41 Å². The summed E-state index contributed by atoms with van der Waals surface area (Å²) in [5.41, 5.74) is 4.72. The van der Waals surface area contributed by atoms with E-state index >= 15 is 0 Å². The maximum atomic E-state index is 5.99. The third kappa shape index (κ3) is 4.42. The van der Waals surface area contributed by atoms with Crippen LogP contribution < -0.4 is 9.64 Å². The van der Waals surface area contributed by atoms with E-state index < -0.39 is 0 Å². The molecule has 2 aromatic carbocycles. The minimum absolute atomic E-state index is 0.0521. The fraction of sp³-hybridized carbons (Fsp3) is 0.360. The molecule has 0 spiro atoms. The molecule has 1 aliphatic heterocycles. The SMILES string of the molecule is Cc1ccc(C(C)(C)c2ccc(OCc3ccnc(N4CCCC4)n3)cc2)cc1. The first-order valence-electron chi connectivity index (χ1n) is 10.4. The predicted octanol–water partition coefficient (Wildman–Crippen LogP) is 5.29. The highest BCUT2D eigenvalue weighted by Crippen LogP contribution is 2.32. The van der Waals surface area contributed by atoms with Gasteiger partial charge < -0.3 is 9.64 Å². The van der Waals surface area contributed by atoms with Crippen molar-refractivity contribution in [2.24, 2.45) is 0 Å². The van der Waals surface area contributed by atoms with Crippen molar-refractivity contribution in [2.75, 3.05) is 18.0 Å². The lowest BCUT2D eigenvalue weighted by molar-refractivity contribution is 0.301. The average Bonchev–Trinajstić information content (AvgIpc) is 3.28. The van der Waals surface area contributed by atoms with E-state index in [9.17, 15) is 0 Å². The Kier molecular flexibility index (Phi) is 5.52. The van der Waals surface area contributed by atoms with Crippen molar-refractivity contribution in [3.63, 3.8) is 0 Å². The van der Waals surface area contributed by atoms with Crippen molar-refractivity contribution in [2.45, 2.75) is 45.6 Å². The summed E-state index contributed by atoms with van der Waals surface area (Å²) in [6.07, 6.45) is 4.26. The van der Waals surface area contributed by atoms with Gasteiger partial charge in [0.05, 0.1) is 5.69 Å². The maximum Gasteiger partial charge on any atom is 0.225 e.